The van der Waals surface area contributed by atoms with E-state index < -0.39 is 5.97 Å². The maximum Gasteiger partial charge on any atom is 0.345 e. The molecule has 0 fully saturated rings. The number of allylic oxidation sites excluding steroid dienone is 1. The molecule has 0 aliphatic heterocycles. The Balaban J connectivity index is 2.46. The highest BCUT2D eigenvalue weighted by Gasteiger charge is 2.15. The number of thiophene rings is 1. The number of aromatic carboxylic acids is 1. The second-order valence-electron chi connectivity index (χ2n) is 2.90. The zero-order chi connectivity index (χ0) is 9.42. The topological polar surface area (TPSA) is 37.3 Å². The molecule has 13 heavy (non-hydrogen) atoms. The minimum absolute atomic E-state index is 0.434. The predicted octanol–water partition coefficient (Wildman–Crippen LogP) is 3.13. The van der Waals surface area contributed by atoms with E-state index in [1.807, 2.05) is 6.08 Å². The molecular weight excluding hydrogens is 252 g/mol. The lowest BCUT2D eigenvalue weighted by Gasteiger charge is -2.06. The molecule has 0 unspecified atom stereocenters. The van der Waals surface area contributed by atoms with Crippen LogP contribution in [0.15, 0.2) is 10.5 Å². The van der Waals surface area contributed by atoms with Crippen LogP contribution in [-0.4, -0.2) is 11.1 Å². The molecule has 1 aromatic rings. The van der Waals surface area contributed by atoms with Crippen LogP contribution in [-0.2, 0) is 6.42 Å². The second-order valence-corrected chi connectivity index (χ2v) is 5.00. The molecule has 0 radical (unpaired) electrons. The fourth-order valence-corrected chi connectivity index (χ4v) is 2.93. The Bertz CT molecular complexity index is 392. The zero-order valence-electron chi connectivity index (χ0n) is 6.71. The highest BCUT2D eigenvalue weighted by atomic mass is 79.9. The molecule has 0 aromatic carbocycles. The molecule has 1 aliphatic carbocycles. The lowest BCUT2D eigenvalue weighted by atomic mass is 10.1. The van der Waals surface area contributed by atoms with E-state index in [0.29, 0.717) is 4.88 Å². The molecule has 1 aromatic heterocycles. The van der Waals surface area contributed by atoms with Crippen molar-refractivity contribution >= 4 is 39.3 Å². The summed E-state index contributed by atoms with van der Waals surface area (Å²) >= 11 is 4.77. The van der Waals surface area contributed by atoms with Gasteiger partial charge in [0.25, 0.3) is 0 Å². The van der Waals surface area contributed by atoms with Gasteiger partial charge >= 0.3 is 5.97 Å². The highest BCUT2D eigenvalue weighted by molar-refractivity contribution is 9.11. The van der Waals surface area contributed by atoms with Crippen molar-refractivity contribution in [3.8, 4) is 0 Å². The number of aryl methyl sites for hydroxylation is 1. The Labute approximate surface area is 88.0 Å². The van der Waals surface area contributed by atoms with Crippen molar-refractivity contribution < 1.29 is 9.90 Å². The van der Waals surface area contributed by atoms with Gasteiger partial charge in [-0.3, -0.25) is 0 Å². The summed E-state index contributed by atoms with van der Waals surface area (Å²) in [6, 6.07) is 1.78. The van der Waals surface area contributed by atoms with Gasteiger partial charge in [0.05, 0.1) is 0 Å². The molecule has 1 aliphatic rings. The third kappa shape index (κ3) is 1.69. The van der Waals surface area contributed by atoms with Crippen molar-refractivity contribution in [1.82, 2.24) is 0 Å². The van der Waals surface area contributed by atoms with Gasteiger partial charge < -0.3 is 5.11 Å². The lowest BCUT2D eigenvalue weighted by Crippen LogP contribution is -1.92. The molecule has 0 atom stereocenters. The van der Waals surface area contributed by atoms with Gasteiger partial charge in [-0.1, -0.05) is 15.9 Å². The first-order valence-electron chi connectivity index (χ1n) is 3.89. The number of carboxylic acid groups (broad SMARTS) is 1. The predicted molar refractivity (Wildman–Crippen MR) is 56.5 cm³/mol. The molecule has 0 amide bonds. The first kappa shape index (κ1) is 8.97. The van der Waals surface area contributed by atoms with Crippen molar-refractivity contribution in [3.63, 3.8) is 0 Å². The Morgan fingerprint density at radius 3 is 3.00 bits per heavy atom. The Morgan fingerprint density at radius 1 is 1.54 bits per heavy atom. The summed E-state index contributed by atoms with van der Waals surface area (Å²) in [6.07, 6.45) is 3.93. The van der Waals surface area contributed by atoms with Crippen molar-refractivity contribution in [2.45, 2.75) is 12.8 Å². The average molecular weight is 259 g/mol. The van der Waals surface area contributed by atoms with Crippen LogP contribution in [0, 0.1) is 0 Å². The summed E-state index contributed by atoms with van der Waals surface area (Å²) in [5.74, 6) is -0.830. The van der Waals surface area contributed by atoms with E-state index in [4.69, 9.17) is 5.11 Å². The summed E-state index contributed by atoms with van der Waals surface area (Å²) in [7, 11) is 0. The van der Waals surface area contributed by atoms with Crippen LogP contribution in [0.1, 0.15) is 26.5 Å². The van der Waals surface area contributed by atoms with E-state index >= 15 is 0 Å². The van der Waals surface area contributed by atoms with Crippen molar-refractivity contribution in [3.05, 3.63) is 25.9 Å². The number of hydrogen-bond acceptors (Lipinski definition) is 2. The summed E-state index contributed by atoms with van der Waals surface area (Å²) in [4.78, 5) is 12.2. The van der Waals surface area contributed by atoms with Crippen LogP contribution < -0.4 is 0 Å². The van der Waals surface area contributed by atoms with Gasteiger partial charge in [0.1, 0.15) is 4.88 Å². The summed E-state index contributed by atoms with van der Waals surface area (Å²) in [5.41, 5.74) is 1.16. The zero-order valence-corrected chi connectivity index (χ0v) is 9.11. The number of fused-ring (bicyclic) bond motifs is 1. The number of rotatable bonds is 1. The SMILES string of the molecule is O=C(O)c1cc2c(s1)C=C(Br)CC2. The van der Waals surface area contributed by atoms with E-state index in [1.165, 1.54) is 11.3 Å². The monoisotopic (exact) mass is 258 g/mol. The van der Waals surface area contributed by atoms with Gasteiger partial charge in [-0.25, -0.2) is 4.79 Å². The maximum atomic E-state index is 10.7. The summed E-state index contributed by atoms with van der Waals surface area (Å²) in [5, 5.41) is 8.78. The van der Waals surface area contributed by atoms with Gasteiger partial charge in [0, 0.05) is 4.88 Å². The largest absolute Gasteiger partial charge is 0.477 e. The Hall–Kier alpha value is -0.610. The van der Waals surface area contributed by atoms with E-state index in [2.05, 4.69) is 15.9 Å². The molecule has 68 valence electrons. The molecule has 0 bridgehead atoms. The molecule has 0 saturated heterocycles. The molecule has 0 saturated carbocycles. The van der Waals surface area contributed by atoms with Crippen molar-refractivity contribution in [2.75, 3.05) is 0 Å². The van der Waals surface area contributed by atoms with Crippen molar-refractivity contribution in [2.24, 2.45) is 0 Å². The average Bonchev–Trinajstić information content (AvgIpc) is 2.46. The first-order valence-corrected chi connectivity index (χ1v) is 5.50. The van der Waals surface area contributed by atoms with Crippen molar-refractivity contribution in [1.29, 1.82) is 0 Å². The van der Waals surface area contributed by atoms with Gasteiger partial charge in [-0.15, -0.1) is 11.3 Å². The third-order valence-electron chi connectivity index (χ3n) is 1.97. The number of halogens is 1. The standard InChI is InChI=1S/C9H7BrO2S/c10-6-2-1-5-3-8(9(11)12)13-7(5)4-6/h3-4H,1-2H2,(H,11,12). The molecule has 4 heteroatoms. The smallest absolute Gasteiger partial charge is 0.345 e. The fraction of sp³-hybridized carbons (Fsp3) is 0.222. The van der Waals surface area contributed by atoms with E-state index in [-0.39, 0.29) is 0 Å². The van der Waals surface area contributed by atoms with Gasteiger partial charge in [0.15, 0.2) is 0 Å². The fourth-order valence-electron chi connectivity index (χ4n) is 1.33. The number of carboxylic acids is 1. The van der Waals surface area contributed by atoms with Crippen LogP contribution in [0.25, 0.3) is 6.08 Å². The van der Waals surface area contributed by atoms with Gasteiger partial charge in [-0.2, -0.15) is 0 Å². The summed E-state index contributed by atoms with van der Waals surface area (Å²) < 4.78 is 1.15. The quantitative estimate of drug-likeness (QED) is 0.841. The van der Waals surface area contributed by atoms with Crippen LogP contribution in [0.2, 0.25) is 0 Å². The second kappa shape index (κ2) is 3.27. The maximum absolute atomic E-state index is 10.7. The van der Waals surface area contributed by atoms with Crippen LogP contribution in [0.5, 0.6) is 0 Å². The molecule has 2 rings (SSSR count). The molecule has 2 nitrogen and oxygen atoms in total. The minimum Gasteiger partial charge on any atom is -0.477 e. The third-order valence-corrected chi connectivity index (χ3v) is 3.71. The van der Waals surface area contributed by atoms with Gasteiger partial charge in [0.2, 0.25) is 0 Å². The number of hydrogen-bond donors (Lipinski definition) is 1. The van der Waals surface area contributed by atoms with Crippen LogP contribution in [0.4, 0.5) is 0 Å². The molecule has 1 N–H and O–H groups in total. The Kier molecular flexibility index (Phi) is 2.26. The first-order chi connectivity index (χ1) is 6.16. The lowest BCUT2D eigenvalue weighted by molar-refractivity contribution is 0.0702. The normalized spacial score (nSPS) is 15.0. The Morgan fingerprint density at radius 2 is 2.31 bits per heavy atom. The van der Waals surface area contributed by atoms with Gasteiger partial charge in [-0.05, 0) is 35.0 Å². The van der Waals surface area contributed by atoms with Crippen LogP contribution >= 0.6 is 27.3 Å². The number of carbonyl (C=O) groups is 1. The molecule has 1 heterocycles. The van der Waals surface area contributed by atoms with E-state index in [9.17, 15) is 4.79 Å². The summed E-state index contributed by atoms with van der Waals surface area (Å²) in [6.45, 7) is 0. The molecular formula is C9H7BrO2S. The van der Waals surface area contributed by atoms with Crippen LogP contribution in [0.3, 0.4) is 0 Å². The van der Waals surface area contributed by atoms with E-state index in [1.54, 1.807) is 6.07 Å². The molecule has 0 spiro atoms. The minimum atomic E-state index is -0.830. The van der Waals surface area contributed by atoms with E-state index in [0.717, 1.165) is 27.8 Å². The highest BCUT2D eigenvalue weighted by Crippen LogP contribution is 2.33.